The van der Waals surface area contributed by atoms with Crippen LogP contribution in [-0.2, 0) is 16.0 Å². The predicted molar refractivity (Wildman–Crippen MR) is 76.6 cm³/mol. The lowest BCUT2D eigenvalue weighted by Gasteiger charge is -2.26. The Kier molecular flexibility index (Phi) is 4.18. The van der Waals surface area contributed by atoms with Gasteiger partial charge in [0.25, 0.3) is 0 Å². The second-order valence-electron chi connectivity index (χ2n) is 5.14. The van der Waals surface area contributed by atoms with E-state index in [4.69, 9.17) is 9.84 Å². The number of hydrogen-bond acceptors (Lipinski definition) is 6. The molecule has 1 atom stereocenters. The molecule has 1 aliphatic heterocycles. The quantitative estimate of drug-likeness (QED) is 0.844. The summed E-state index contributed by atoms with van der Waals surface area (Å²) in [6.07, 6.45) is 1.53. The molecule has 1 fully saturated rings. The first-order chi connectivity index (χ1) is 9.74. The number of nitrogens with one attached hydrogen (secondary N) is 1. The van der Waals surface area contributed by atoms with Crippen molar-refractivity contribution >= 4 is 22.4 Å². The van der Waals surface area contributed by atoms with Gasteiger partial charge in [0.05, 0.1) is 18.9 Å². The van der Waals surface area contributed by atoms with Crippen molar-refractivity contribution < 1.29 is 14.6 Å². The van der Waals surface area contributed by atoms with Gasteiger partial charge in [-0.3, -0.25) is 9.69 Å². The number of carbonyl (C=O) groups is 1. The minimum absolute atomic E-state index is 0.406. The standard InChI is InChI=1S/C13H19N3O3S/c17-12(18)9-1-2-10-11(9)15-13(20-10)14-3-4-16-5-7-19-8-6-16/h9H,1-8H2,(H,14,15)(H,17,18). The smallest absolute Gasteiger partial charge is 0.312 e. The number of ether oxygens (including phenoxy) is 1. The molecule has 2 aliphatic rings. The number of anilines is 1. The zero-order valence-corrected chi connectivity index (χ0v) is 12.1. The molecule has 2 heterocycles. The number of aromatic nitrogens is 1. The Bertz CT molecular complexity index is 485. The minimum atomic E-state index is -0.756. The monoisotopic (exact) mass is 297 g/mol. The Balaban J connectivity index is 1.51. The van der Waals surface area contributed by atoms with Gasteiger partial charge in [-0.1, -0.05) is 0 Å². The van der Waals surface area contributed by atoms with E-state index in [1.54, 1.807) is 11.3 Å². The molecule has 1 aliphatic carbocycles. The minimum Gasteiger partial charge on any atom is -0.481 e. The van der Waals surface area contributed by atoms with Crippen molar-refractivity contribution in [1.29, 1.82) is 0 Å². The van der Waals surface area contributed by atoms with Crippen LogP contribution in [0, 0.1) is 0 Å². The Hall–Kier alpha value is -1.18. The molecule has 1 aromatic rings. The van der Waals surface area contributed by atoms with Gasteiger partial charge < -0.3 is 15.2 Å². The third-order valence-electron chi connectivity index (χ3n) is 3.82. The second kappa shape index (κ2) is 6.07. The van der Waals surface area contributed by atoms with Crippen molar-refractivity contribution in [3.8, 4) is 0 Å². The largest absolute Gasteiger partial charge is 0.481 e. The predicted octanol–water partition coefficient (Wildman–Crippen LogP) is 1.00. The van der Waals surface area contributed by atoms with Crippen LogP contribution in [0.15, 0.2) is 0 Å². The normalized spacial score (nSPS) is 22.7. The summed E-state index contributed by atoms with van der Waals surface area (Å²) in [5, 5.41) is 13.3. The van der Waals surface area contributed by atoms with Gasteiger partial charge in [-0.05, 0) is 12.8 Å². The number of fused-ring (bicyclic) bond motifs is 1. The molecule has 1 unspecified atom stereocenters. The van der Waals surface area contributed by atoms with Crippen LogP contribution in [0.3, 0.4) is 0 Å². The number of carboxylic acid groups (broad SMARTS) is 1. The zero-order chi connectivity index (χ0) is 13.9. The molecule has 0 radical (unpaired) electrons. The molecule has 0 spiro atoms. The summed E-state index contributed by atoms with van der Waals surface area (Å²) in [6.45, 7) is 5.39. The average Bonchev–Trinajstić information content (AvgIpc) is 2.99. The molecule has 6 nitrogen and oxygen atoms in total. The number of aryl methyl sites for hydroxylation is 1. The van der Waals surface area contributed by atoms with Gasteiger partial charge in [0.1, 0.15) is 5.92 Å². The fourth-order valence-corrected chi connectivity index (χ4v) is 3.75. The molecule has 110 valence electrons. The fraction of sp³-hybridized carbons (Fsp3) is 0.692. The van der Waals surface area contributed by atoms with Crippen molar-refractivity contribution in [2.75, 3.05) is 44.7 Å². The highest BCUT2D eigenvalue weighted by Crippen LogP contribution is 2.38. The van der Waals surface area contributed by atoms with Gasteiger partial charge in [0, 0.05) is 31.1 Å². The van der Waals surface area contributed by atoms with E-state index in [0.717, 1.165) is 61.5 Å². The molecule has 2 N–H and O–H groups in total. The van der Waals surface area contributed by atoms with Gasteiger partial charge in [0.2, 0.25) is 0 Å². The Morgan fingerprint density at radius 2 is 2.30 bits per heavy atom. The number of nitrogens with zero attached hydrogens (tertiary/aromatic N) is 2. The number of aliphatic carboxylic acids is 1. The molecular formula is C13H19N3O3S. The summed E-state index contributed by atoms with van der Waals surface area (Å²) in [7, 11) is 0. The summed E-state index contributed by atoms with van der Waals surface area (Å²) in [5.41, 5.74) is 0.774. The first-order valence-corrected chi connectivity index (χ1v) is 7.82. The van der Waals surface area contributed by atoms with Crippen LogP contribution < -0.4 is 5.32 Å². The highest BCUT2D eigenvalue weighted by atomic mass is 32.1. The van der Waals surface area contributed by atoms with E-state index in [-0.39, 0.29) is 0 Å². The molecule has 0 amide bonds. The van der Waals surface area contributed by atoms with Gasteiger partial charge in [-0.2, -0.15) is 0 Å². The number of thiazole rings is 1. The first-order valence-electron chi connectivity index (χ1n) is 7.00. The highest BCUT2D eigenvalue weighted by molar-refractivity contribution is 7.15. The van der Waals surface area contributed by atoms with Crippen LogP contribution in [0.4, 0.5) is 5.13 Å². The van der Waals surface area contributed by atoms with E-state index in [1.807, 2.05) is 0 Å². The summed E-state index contributed by atoms with van der Waals surface area (Å²) < 4.78 is 5.31. The molecule has 1 saturated heterocycles. The molecule has 1 aromatic heterocycles. The molecule has 3 rings (SSSR count). The van der Waals surface area contributed by atoms with Crippen molar-refractivity contribution in [2.45, 2.75) is 18.8 Å². The third kappa shape index (κ3) is 2.94. The number of rotatable bonds is 5. The van der Waals surface area contributed by atoms with Crippen LogP contribution in [0.2, 0.25) is 0 Å². The lowest BCUT2D eigenvalue weighted by molar-refractivity contribution is -0.138. The van der Waals surface area contributed by atoms with Crippen molar-refractivity contribution in [1.82, 2.24) is 9.88 Å². The maximum atomic E-state index is 11.1. The van der Waals surface area contributed by atoms with E-state index in [1.165, 1.54) is 0 Å². The van der Waals surface area contributed by atoms with E-state index in [2.05, 4.69) is 15.2 Å². The Morgan fingerprint density at radius 1 is 1.50 bits per heavy atom. The Labute approximate surface area is 121 Å². The Morgan fingerprint density at radius 3 is 3.05 bits per heavy atom. The van der Waals surface area contributed by atoms with E-state index < -0.39 is 11.9 Å². The summed E-state index contributed by atoms with van der Waals surface area (Å²) >= 11 is 1.60. The second-order valence-corrected chi connectivity index (χ2v) is 6.22. The van der Waals surface area contributed by atoms with E-state index >= 15 is 0 Å². The lowest BCUT2D eigenvalue weighted by Crippen LogP contribution is -2.39. The molecule has 0 aromatic carbocycles. The molecule has 7 heteroatoms. The number of morpholine rings is 1. The van der Waals surface area contributed by atoms with Crippen LogP contribution in [0.25, 0.3) is 0 Å². The molecule has 20 heavy (non-hydrogen) atoms. The highest BCUT2D eigenvalue weighted by Gasteiger charge is 2.32. The summed E-state index contributed by atoms with van der Waals surface area (Å²) in [5.74, 6) is -1.16. The van der Waals surface area contributed by atoms with Gasteiger partial charge in [-0.25, -0.2) is 4.98 Å². The van der Waals surface area contributed by atoms with Crippen molar-refractivity contribution in [2.24, 2.45) is 0 Å². The SMILES string of the molecule is O=C(O)C1CCc2sc(NCCN3CCOCC3)nc21. The molecule has 0 bridgehead atoms. The molecule has 0 saturated carbocycles. The summed E-state index contributed by atoms with van der Waals surface area (Å²) in [4.78, 5) is 19.1. The van der Waals surface area contributed by atoms with Crippen LogP contribution in [0.1, 0.15) is 22.9 Å². The van der Waals surface area contributed by atoms with Gasteiger partial charge >= 0.3 is 5.97 Å². The zero-order valence-electron chi connectivity index (χ0n) is 11.3. The van der Waals surface area contributed by atoms with E-state index in [9.17, 15) is 4.79 Å². The van der Waals surface area contributed by atoms with Gasteiger partial charge in [0.15, 0.2) is 5.13 Å². The van der Waals surface area contributed by atoms with E-state index in [0.29, 0.717) is 6.42 Å². The van der Waals surface area contributed by atoms with Gasteiger partial charge in [-0.15, -0.1) is 11.3 Å². The lowest BCUT2D eigenvalue weighted by atomic mass is 10.1. The number of hydrogen-bond donors (Lipinski definition) is 2. The fourth-order valence-electron chi connectivity index (χ4n) is 2.69. The molecular weight excluding hydrogens is 278 g/mol. The van der Waals surface area contributed by atoms with Crippen molar-refractivity contribution in [3.63, 3.8) is 0 Å². The van der Waals surface area contributed by atoms with Crippen molar-refractivity contribution in [3.05, 3.63) is 10.6 Å². The third-order valence-corrected chi connectivity index (χ3v) is 4.91. The maximum absolute atomic E-state index is 11.1. The first kappa shape index (κ1) is 13.8. The number of carboxylic acids is 1. The average molecular weight is 297 g/mol. The topological polar surface area (TPSA) is 74.7 Å². The van der Waals surface area contributed by atoms with Crippen LogP contribution >= 0.6 is 11.3 Å². The van der Waals surface area contributed by atoms with Crippen LogP contribution in [0.5, 0.6) is 0 Å². The van der Waals surface area contributed by atoms with Crippen LogP contribution in [-0.4, -0.2) is 60.4 Å². The maximum Gasteiger partial charge on any atom is 0.312 e. The summed E-state index contributed by atoms with van der Waals surface area (Å²) in [6, 6.07) is 0.